The Bertz CT molecular complexity index is 904. The predicted molar refractivity (Wildman–Crippen MR) is 130 cm³/mol. The van der Waals surface area contributed by atoms with Crippen molar-refractivity contribution in [2.24, 2.45) is 28.6 Å². The molecular formula is C26H42O7S. The van der Waals surface area contributed by atoms with Gasteiger partial charge in [-0.2, -0.15) is 8.42 Å². The van der Waals surface area contributed by atoms with E-state index in [0.717, 1.165) is 19.3 Å². The molecule has 5 unspecified atom stereocenters. The van der Waals surface area contributed by atoms with Crippen LogP contribution in [-0.4, -0.2) is 38.9 Å². The lowest BCUT2D eigenvalue weighted by molar-refractivity contribution is -0.155. The number of esters is 1. The maximum Gasteiger partial charge on any atom is 0.397 e. The SMILES string of the molecule is COC1C=C(CCCC(CCC2(C)C3=CCCC(C)(C)C3CCC2C)COS(=O)(=O)O)C(=O)O1. The van der Waals surface area contributed by atoms with Gasteiger partial charge in [-0.25, -0.2) is 8.98 Å². The molecule has 1 fully saturated rings. The normalized spacial score (nSPS) is 31.9. The van der Waals surface area contributed by atoms with Gasteiger partial charge in [-0.3, -0.25) is 4.55 Å². The van der Waals surface area contributed by atoms with Gasteiger partial charge in [0.25, 0.3) is 0 Å². The third-order valence-corrected chi connectivity index (χ3v) is 9.18. The van der Waals surface area contributed by atoms with Crippen LogP contribution < -0.4 is 0 Å². The molecule has 0 aromatic rings. The van der Waals surface area contributed by atoms with Gasteiger partial charge in [-0.1, -0.05) is 39.3 Å². The van der Waals surface area contributed by atoms with Crippen molar-refractivity contribution in [2.75, 3.05) is 13.7 Å². The number of ether oxygens (including phenoxy) is 2. The lowest BCUT2D eigenvalue weighted by Crippen LogP contribution is -2.43. The summed E-state index contributed by atoms with van der Waals surface area (Å²) in [6, 6.07) is 0. The van der Waals surface area contributed by atoms with E-state index < -0.39 is 16.7 Å². The third-order valence-electron chi connectivity index (χ3n) is 8.75. The molecule has 34 heavy (non-hydrogen) atoms. The molecule has 0 radical (unpaired) electrons. The molecule has 0 aromatic carbocycles. The minimum atomic E-state index is -4.50. The van der Waals surface area contributed by atoms with Gasteiger partial charge in [0.2, 0.25) is 6.29 Å². The number of allylic oxidation sites excluding steroid dienone is 2. The Morgan fingerprint density at radius 3 is 2.62 bits per heavy atom. The zero-order valence-electron chi connectivity index (χ0n) is 21.3. The van der Waals surface area contributed by atoms with Gasteiger partial charge in [0, 0.05) is 12.7 Å². The third kappa shape index (κ3) is 6.50. The van der Waals surface area contributed by atoms with E-state index in [1.807, 2.05) is 0 Å². The molecule has 0 saturated heterocycles. The Kier molecular flexibility index (Phi) is 8.70. The van der Waals surface area contributed by atoms with E-state index in [-0.39, 0.29) is 23.9 Å². The molecule has 5 atom stereocenters. The van der Waals surface area contributed by atoms with E-state index in [2.05, 4.69) is 33.8 Å². The van der Waals surface area contributed by atoms with Crippen molar-refractivity contribution in [3.63, 3.8) is 0 Å². The van der Waals surface area contributed by atoms with Crippen molar-refractivity contribution >= 4 is 16.4 Å². The molecule has 0 amide bonds. The maximum atomic E-state index is 12.0. The summed E-state index contributed by atoms with van der Waals surface area (Å²) in [5.74, 6) is 0.749. The van der Waals surface area contributed by atoms with Gasteiger partial charge >= 0.3 is 16.4 Å². The van der Waals surface area contributed by atoms with Crippen LogP contribution >= 0.6 is 0 Å². The van der Waals surface area contributed by atoms with Gasteiger partial charge in [0.05, 0.1) is 6.61 Å². The van der Waals surface area contributed by atoms with Crippen LogP contribution in [0.3, 0.4) is 0 Å². The first-order valence-corrected chi connectivity index (χ1v) is 14.0. The molecule has 1 N–H and O–H groups in total. The van der Waals surface area contributed by atoms with Gasteiger partial charge in [0.15, 0.2) is 0 Å². The second kappa shape index (κ2) is 10.8. The quantitative estimate of drug-likeness (QED) is 0.224. The fourth-order valence-electron chi connectivity index (χ4n) is 6.25. The van der Waals surface area contributed by atoms with Crippen LogP contribution in [0.15, 0.2) is 23.3 Å². The fourth-order valence-corrected chi connectivity index (χ4v) is 6.62. The molecule has 7 nitrogen and oxygen atoms in total. The smallest absolute Gasteiger partial charge is 0.397 e. The van der Waals surface area contributed by atoms with Crippen molar-refractivity contribution in [1.82, 2.24) is 0 Å². The first-order valence-electron chi connectivity index (χ1n) is 12.6. The average Bonchev–Trinajstić information content (AvgIpc) is 3.11. The lowest BCUT2D eigenvalue weighted by atomic mass is 9.52. The minimum Gasteiger partial charge on any atom is -0.429 e. The van der Waals surface area contributed by atoms with Crippen molar-refractivity contribution < 1.29 is 31.4 Å². The predicted octanol–water partition coefficient (Wildman–Crippen LogP) is 5.63. The first-order chi connectivity index (χ1) is 15.9. The number of carbonyl (C=O) groups excluding carboxylic acids is 1. The Morgan fingerprint density at radius 2 is 1.97 bits per heavy atom. The van der Waals surface area contributed by atoms with Crippen LogP contribution in [0.1, 0.15) is 85.5 Å². The number of rotatable bonds is 11. The van der Waals surface area contributed by atoms with Crippen LogP contribution in [0.25, 0.3) is 0 Å². The van der Waals surface area contributed by atoms with E-state index in [1.165, 1.54) is 26.4 Å². The van der Waals surface area contributed by atoms with E-state index >= 15 is 0 Å². The monoisotopic (exact) mass is 498 g/mol. The fraction of sp³-hybridized carbons (Fsp3) is 0.808. The molecule has 3 aliphatic rings. The molecular weight excluding hydrogens is 456 g/mol. The van der Waals surface area contributed by atoms with E-state index in [9.17, 15) is 13.2 Å². The lowest BCUT2D eigenvalue weighted by Gasteiger charge is -2.53. The van der Waals surface area contributed by atoms with Crippen molar-refractivity contribution in [3.8, 4) is 0 Å². The summed E-state index contributed by atoms with van der Waals surface area (Å²) < 4.78 is 46.6. The molecule has 1 aliphatic heterocycles. The number of carbonyl (C=O) groups is 1. The number of cyclic esters (lactones) is 1. The Balaban J connectivity index is 1.66. The summed E-state index contributed by atoms with van der Waals surface area (Å²) in [6.45, 7) is 9.44. The summed E-state index contributed by atoms with van der Waals surface area (Å²) in [5, 5.41) is 0. The second-order valence-corrected chi connectivity index (χ2v) is 12.4. The molecule has 1 saturated carbocycles. The number of hydrogen-bond acceptors (Lipinski definition) is 6. The zero-order chi connectivity index (χ0) is 25.1. The highest BCUT2D eigenvalue weighted by atomic mass is 32.3. The van der Waals surface area contributed by atoms with Crippen molar-refractivity contribution in [3.05, 3.63) is 23.3 Å². The van der Waals surface area contributed by atoms with Gasteiger partial charge < -0.3 is 9.47 Å². The van der Waals surface area contributed by atoms with Crippen LogP contribution in [-0.2, 0) is 28.9 Å². The highest BCUT2D eigenvalue weighted by molar-refractivity contribution is 7.80. The topological polar surface area (TPSA) is 99.1 Å². The summed E-state index contributed by atoms with van der Waals surface area (Å²) in [7, 11) is -3.01. The molecule has 194 valence electrons. The Morgan fingerprint density at radius 1 is 1.24 bits per heavy atom. The maximum absolute atomic E-state index is 12.0. The van der Waals surface area contributed by atoms with Gasteiger partial charge in [0.1, 0.15) is 0 Å². The van der Waals surface area contributed by atoms with Gasteiger partial charge in [-0.05, 0) is 92.4 Å². The highest BCUT2D eigenvalue weighted by Gasteiger charge is 2.47. The largest absolute Gasteiger partial charge is 0.429 e. The molecule has 3 rings (SSSR count). The highest BCUT2D eigenvalue weighted by Crippen LogP contribution is 2.58. The molecule has 0 bridgehead atoms. The summed E-state index contributed by atoms with van der Waals surface area (Å²) >= 11 is 0. The standard InChI is InChI=1S/C26H42O7S/c1-18-11-12-21-22(10-7-14-25(21,2)3)26(18,4)15-13-19(17-32-34(28,29)30)8-6-9-20-16-23(31-5)33-24(20)27/h10,16,18-19,21,23H,6-9,11-15,17H2,1-5H3,(H,28,29,30). The summed E-state index contributed by atoms with van der Waals surface area (Å²) in [6.07, 6.45) is 12.0. The molecule has 0 aromatic heterocycles. The number of hydrogen-bond donors (Lipinski definition) is 1. The van der Waals surface area contributed by atoms with Crippen LogP contribution in [0, 0.1) is 28.6 Å². The average molecular weight is 499 g/mol. The summed E-state index contributed by atoms with van der Waals surface area (Å²) in [5.41, 5.74) is 2.55. The Labute approximate surface area is 205 Å². The molecule has 2 aliphatic carbocycles. The molecule has 1 heterocycles. The Hall–Kier alpha value is -1.22. The summed E-state index contributed by atoms with van der Waals surface area (Å²) in [4.78, 5) is 12.0. The first kappa shape index (κ1) is 27.4. The van der Waals surface area contributed by atoms with Crippen LogP contribution in [0.4, 0.5) is 0 Å². The van der Waals surface area contributed by atoms with Crippen LogP contribution in [0.2, 0.25) is 0 Å². The number of methoxy groups -OCH3 is 1. The van der Waals surface area contributed by atoms with E-state index in [1.54, 1.807) is 11.6 Å². The second-order valence-electron chi connectivity index (χ2n) is 11.3. The zero-order valence-corrected chi connectivity index (χ0v) is 22.2. The van der Waals surface area contributed by atoms with E-state index in [0.29, 0.717) is 42.1 Å². The van der Waals surface area contributed by atoms with Crippen molar-refractivity contribution in [2.45, 2.75) is 91.8 Å². The molecule has 0 spiro atoms. The van der Waals surface area contributed by atoms with E-state index in [4.69, 9.17) is 18.2 Å². The molecule has 8 heteroatoms. The van der Waals surface area contributed by atoms with Gasteiger partial charge in [-0.15, -0.1) is 0 Å². The number of fused-ring (bicyclic) bond motifs is 1. The van der Waals surface area contributed by atoms with Crippen LogP contribution in [0.5, 0.6) is 0 Å². The van der Waals surface area contributed by atoms with Crippen molar-refractivity contribution in [1.29, 1.82) is 0 Å². The minimum absolute atomic E-state index is 0.0419.